The molecule has 5 nitrogen and oxygen atoms in total. The average molecular weight is 284 g/mol. The van der Waals surface area contributed by atoms with Crippen molar-refractivity contribution in [2.24, 2.45) is 7.05 Å². The van der Waals surface area contributed by atoms with Crippen molar-refractivity contribution in [2.45, 2.75) is 20.3 Å². The van der Waals surface area contributed by atoms with E-state index in [1.165, 1.54) is 0 Å². The number of rotatable bonds is 5. The van der Waals surface area contributed by atoms with Crippen molar-refractivity contribution < 1.29 is 4.79 Å². The van der Waals surface area contributed by atoms with E-state index in [0.29, 0.717) is 6.54 Å². The van der Waals surface area contributed by atoms with Gasteiger partial charge in [-0.15, -0.1) is 0 Å². The summed E-state index contributed by atoms with van der Waals surface area (Å²) in [5.74, 6) is -0.103. The highest BCUT2D eigenvalue weighted by Gasteiger charge is 2.06. The Kier molecular flexibility index (Phi) is 4.87. The monoisotopic (exact) mass is 284 g/mol. The van der Waals surface area contributed by atoms with Gasteiger partial charge in [0.1, 0.15) is 0 Å². The molecule has 5 heteroatoms. The zero-order valence-corrected chi connectivity index (χ0v) is 12.6. The molecule has 0 spiro atoms. The molecule has 0 aliphatic rings. The molecule has 2 heterocycles. The molecule has 0 aromatic carbocycles. The third kappa shape index (κ3) is 4.02. The third-order valence-corrected chi connectivity index (χ3v) is 3.37. The highest BCUT2D eigenvalue weighted by molar-refractivity contribution is 5.91. The van der Waals surface area contributed by atoms with E-state index in [-0.39, 0.29) is 5.91 Å². The van der Waals surface area contributed by atoms with Gasteiger partial charge < -0.3 is 5.32 Å². The van der Waals surface area contributed by atoms with Gasteiger partial charge in [0.05, 0.1) is 5.69 Å². The summed E-state index contributed by atoms with van der Waals surface area (Å²) < 4.78 is 1.81. The molecular weight excluding hydrogens is 264 g/mol. The Bertz CT molecular complexity index is 644. The first kappa shape index (κ1) is 15.0. The number of carbonyl (C=O) groups excluding carboxylic acids is 1. The average Bonchev–Trinajstić information content (AvgIpc) is 2.71. The van der Waals surface area contributed by atoms with Crippen molar-refractivity contribution in [3.05, 3.63) is 53.1 Å². The molecule has 21 heavy (non-hydrogen) atoms. The molecule has 2 aromatic rings. The van der Waals surface area contributed by atoms with E-state index >= 15 is 0 Å². The van der Waals surface area contributed by atoms with Crippen molar-refractivity contribution in [2.75, 3.05) is 6.54 Å². The van der Waals surface area contributed by atoms with Crippen LogP contribution in [0.25, 0.3) is 6.08 Å². The summed E-state index contributed by atoms with van der Waals surface area (Å²) >= 11 is 0. The van der Waals surface area contributed by atoms with Gasteiger partial charge in [0.15, 0.2) is 0 Å². The number of carbonyl (C=O) groups is 1. The highest BCUT2D eigenvalue weighted by Crippen LogP contribution is 2.13. The summed E-state index contributed by atoms with van der Waals surface area (Å²) in [6.45, 7) is 4.50. The standard InChI is InChI=1S/C16H20N4O/c1-12-15(13(2)20(3)19-12)7-8-16(21)18-11-9-14-6-4-5-10-17-14/h4-8,10H,9,11H2,1-3H3,(H,18,21). The van der Waals surface area contributed by atoms with Crippen LogP contribution in [0.5, 0.6) is 0 Å². The summed E-state index contributed by atoms with van der Waals surface area (Å²) in [7, 11) is 1.90. The molecule has 0 radical (unpaired) electrons. The van der Waals surface area contributed by atoms with E-state index in [2.05, 4.69) is 15.4 Å². The lowest BCUT2D eigenvalue weighted by Crippen LogP contribution is -2.23. The van der Waals surface area contributed by atoms with Crippen molar-refractivity contribution in [1.29, 1.82) is 0 Å². The topological polar surface area (TPSA) is 59.8 Å². The van der Waals surface area contributed by atoms with E-state index in [1.807, 2.05) is 49.9 Å². The van der Waals surface area contributed by atoms with Crippen LogP contribution < -0.4 is 5.32 Å². The summed E-state index contributed by atoms with van der Waals surface area (Å²) in [5, 5.41) is 7.17. The van der Waals surface area contributed by atoms with E-state index < -0.39 is 0 Å². The minimum atomic E-state index is -0.103. The van der Waals surface area contributed by atoms with Crippen molar-refractivity contribution in [3.8, 4) is 0 Å². The minimum Gasteiger partial charge on any atom is -0.352 e. The summed E-state index contributed by atoms with van der Waals surface area (Å²) in [6.07, 6.45) is 5.85. The fraction of sp³-hybridized carbons (Fsp3) is 0.312. The smallest absolute Gasteiger partial charge is 0.244 e. The molecule has 2 rings (SSSR count). The quantitative estimate of drug-likeness (QED) is 0.852. The Morgan fingerprint density at radius 2 is 2.19 bits per heavy atom. The summed E-state index contributed by atoms with van der Waals surface area (Å²) in [4.78, 5) is 16.0. The van der Waals surface area contributed by atoms with E-state index in [9.17, 15) is 4.79 Å². The van der Waals surface area contributed by atoms with E-state index in [4.69, 9.17) is 0 Å². The number of aromatic nitrogens is 3. The van der Waals surface area contributed by atoms with Gasteiger partial charge in [0, 0.05) is 49.2 Å². The zero-order chi connectivity index (χ0) is 15.2. The summed E-state index contributed by atoms with van der Waals surface area (Å²) in [5.41, 5.74) is 3.94. The second-order valence-corrected chi connectivity index (χ2v) is 4.90. The number of hydrogen-bond acceptors (Lipinski definition) is 3. The first-order valence-corrected chi connectivity index (χ1v) is 6.94. The van der Waals surface area contributed by atoms with Crippen molar-refractivity contribution >= 4 is 12.0 Å². The van der Waals surface area contributed by atoms with Crippen LogP contribution in [-0.2, 0) is 18.3 Å². The number of pyridine rings is 1. The molecule has 0 aliphatic carbocycles. The molecule has 110 valence electrons. The van der Waals surface area contributed by atoms with Crippen LogP contribution in [0.3, 0.4) is 0 Å². The lowest BCUT2D eigenvalue weighted by Gasteiger charge is -2.01. The van der Waals surface area contributed by atoms with Crippen molar-refractivity contribution in [3.63, 3.8) is 0 Å². The molecule has 1 N–H and O–H groups in total. The predicted octanol–water partition coefficient (Wildman–Crippen LogP) is 1.80. The number of amides is 1. The van der Waals surface area contributed by atoms with Gasteiger partial charge in [-0.2, -0.15) is 5.10 Å². The van der Waals surface area contributed by atoms with E-state index in [1.54, 1.807) is 12.3 Å². The van der Waals surface area contributed by atoms with Gasteiger partial charge >= 0.3 is 0 Å². The SMILES string of the molecule is Cc1nn(C)c(C)c1C=CC(=O)NCCc1ccccn1. The van der Waals surface area contributed by atoms with Crippen LogP contribution in [0.1, 0.15) is 22.6 Å². The van der Waals surface area contributed by atoms with Gasteiger partial charge in [-0.25, -0.2) is 0 Å². The fourth-order valence-corrected chi connectivity index (χ4v) is 2.11. The first-order chi connectivity index (χ1) is 10.1. The van der Waals surface area contributed by atoms with Gasteiger partial charge in [0.2, 0.25) is 5.91 Å². The Morgan fingerprint density at radius 1 is 1.38 bits per heavy atom. The third-order valence-electron chi connectivity index (χ3n) is 3.37. The zero-order valence-electron chi connectivity index (χ0n) is 12.6. The Hall–Kier alpha value is -2.43. The molecule has 0 bridgehead atoms. The number of nitrogens with one attached hydrogen (secondary N) is 1. The van der Waals surface area contributed by atoms with Crippen LogP contribution in [0.2, 0.25) is 0 Å². The molecule has 0 fully saturated rings. The maximum absolute atomic E-state index is 11.8. The second-order valence-electron chi connectivity index (χ2n) is 4.90. The van der Waals surface area contributed by atoms with Gasteiger partial charge in [-0.3, -0.25) is 14.5 Å². The van der Waals surface area contributed by atoms with Crippen LogP contribution in [0, 0.1) is 13.8 Å². The van der Waals surface area contributed by atoms with Crippen LogP contribution in [0.4, 0.5) is 0 Å². The molecule has 0 aliphatic heterocycles. The Labute approximate surface area is 124 Å². The molecular formula is C16H20N4O. The van der Waals surface area contributed by atoms with Gasteiger partial charge in [0.25, 0.3) is 0 Å². The Balaban J connectivity index is 1.86. The maximum atomic E-state index is 11.8. The predicted molar refractivity (Wildman–Crippen MR) is 82.7 cm³/mol. The second kappa shape index (κ2) is 6.83. The molecule has 0 atom stereocenters. The van der Waals surface area contributed by atoms with Crippen LogP contribution in [-0.4, -0.2) is 27.2 Å². The normalized spacial score (nSPS) is 11.0. The van der Waals surface area contributed by atoms with E-state index in [0.717, 1.165) is 29.1 Å². The largest absolute Gasteiger partial charge is 0.352 e. The Morgan fingerprint density at radius 3 is 2.81 bits per heavy atom. The first-order valence-electron chi connectivity index (χ1n) is 6.94. The molecule has 0 unspecified atom stereocenters. The number of aryl methyl sites for hydroxylation is 2. The lowest BCUT2D eigenvalue weighted by atomic mass is 10.2. The number of hydrogen-bond donors (Lipinski definition) is 1. The molecule has 1 amide bonds. The summed E-state index contributed by atoms with van der Waals surface area (Å²) in [6, 6.07) is 5.77. The van der Waals surface area contributed by atoms with Crippen LogP contribution in [0.15, 0.2) is 30.5 Å². The van der Waals surface area contributed by atoms with Crippen molar-refractivity contribution in [1.82, 2.24) is 20.1 Å². The lowest BCUT2D eigenvalue weighted by molar-refractivity contribution is -0.116. The minimum absolute atomic E-state index is 0.103. The highest BCUT2D eigenvalue weighted by atomic mass is 16.1. The van der Waals surface area contributed by atoms with Crippen LogP contribution >= 0.6 is 0 Å². The fourth-order valence-electron chi connectivity index (χ4n) is 2.11. The maximum Gasteiger partial charge on any atom is 0.244 e. The van der Waals surface area contributed by atoms with Gasteiger partial charge in [-0.1, -0.05) is 6.07 Å². The molecule has 0 saturated heterocycles. The number of nitrogens with zero attached hydrogens (tertiary/aromatic N) is 3. The molecule has 2 aromatic heterocycles. The molecule has 0 saturated carbocycles. The van der Waals surface area contributed by atoms with Gasteiger partial charge in [-0.05, 0) is 32.1 Å².